The summed E-state index contributed by atoms with van der Waals surface area (Å²) in [5.41, 5.74) is 1.11. The van der Waals surface area contributed by atoms with Crippen molar-refractivity contribution in [2.75, 3.05) is 31.1 Å². The van der Waals surface area contributed by atoms with Gasteiger partial charge in [0.2, 0.25) is 11.9 Å². The first-order valence-electron chi connectivity index (χ1n) is 7.93. The minimum Gasteiger partial charge on any atom is -0.339 e. The molecule has 3 rings (SSSR count). The summed E-state index contributed by atoms with van der Waals surface area (Å²) < 4.78 is 0. The molecule has 6 nitrogen and oxygen atoms in total. The Morgan fingerprint density at radius 1 is 1.13 bits per heavy atom. The molecule has 0 spiro atoms. The zero-order chi connectivity index (χ0) is 16.1. The van der Waals surface area contributed by atoms with Crippen LogP contribution in [-0.2, 0) is 4.79 Å². The quantitative estimate of drug-likeness (QED) is 0.860. The first-order chi connectivity index (χ1) is 11.2. The molecule has 0 aliphatic carbocycles. The maximum absolute atomic E-state index is 12.5. The predicted molar refractivity (Wildman–Crippen MR) is 88.1 cm³/mol. The molecule has 1 aliphatic rings. The van der Waals surface area contributed by atoms with E-state index < -0.39 is 0 Å². The van der Waals surface area contributed by atoms with Crippen molar-refractivity contribution in [2.24, 2.45) is 0 Å². The van der Waals surface area contributed by atoms with Crippen LogP contribution in [-0.4, -0.2) is 51.9 Å². The fourth-order valence-electron chi connectivity index (χ4n) is 2.79. The van der Waals surface area contributed by atoms with Crippen molar-refractivity contribution in [1.29, 1.82) is 0 Å². The molecule has 0 N–H and O–H groups in total. The first-order valence-corrected chi connectivity index (χ1v) is 7.93. The van der Waals surface area contributed by atoms with Crippen LogP contribution in [0.1, 0.15) is 24.8 Å². The number of nitrogens with zero attached hydrogens (tertiary/aromatic N) is 5. The van der Waals surface area contributed by atoms with E-state index in [1.54, 1.807) is 18.6 Å². The molecule has 0 bridgehead atoms. The maximum Gasteiger partial charge on any atom is 0.225 e. The van der Waals surface area contributed by atoms with Crippen LogP contribution in [0.5, 0.6) is 0 Å². The average Bonchev–Trinajstić information content (AvgIpc) is 2.63. The molecule has 1 unspecified atom stereocenters. The molecule has 1 fully saturated rings. The number of carbonyl (C=O) groups is 1. The maximum atomic E-state index is 12.5. The molecular formula is C17H21N5O. The predicted octanol–water partition coefficient (Wildman–Crippen LogP) is 1.71. The summed E-state index contributed by atoms with van der Waals surface area (Å²) in [6.07, 6.45) is 7.60. The number of anilines is 1. The lowest BCUT2D eigenvalue weighted by atomic mass is 9.99. The van der Waals surface area contributed by atoms with E-state index in [-0.39, 0.29) is 11.8 Å². The van der Waals surface area contributed by atoms with Crippen LogP contribution in [0, 0.1) is 0 Å². The summed E-state index contributed by atoms with van der Waals surface area (Å²) in [4.78, 5) is 29.2. The van der Waals surface area contributed by atoms with Crippen molar-refractivity contribution >= 4 is 11.9 Å². The smallest absolute Gasteiger partial charge is 0.225 e. The first kappa shape index (κ1) is 15.4. The third-order valence-electron chi connectivity index (χ3n) is 4.20. The fourth-order valence-corrected chi connectivity index (χ4v) is 2.79. The molecule has 1 atom stereocenters. The van der Waals surface area contributed by atoms with Crippen LogP contribution in [0.2, 0.25) is 0 Å². The van der Waals surface area contributed by atoms with Crippen LogP contribution in [0.4, 0.5) is 5.95 Å². The monoisotopic (exact) mass is 311 g/mol. The summed E-state index contributed by atoms with van der Waals surface area (Å²) in [7, 11) is 0. The number of hydrogen-bond donors (Lipinski definition) is 0. The minimum absolute atomic E-state index is 0.187. The standard InChI is InChI=1S/C17H21N5O/c1-14(15-4-2-5-18-13-15)12-16(23)21-8-10-22(11-9-21)17-19-6-3-7-20-17/h2-7,13-14H,8-12H2,1H3. The van der Waals surface area contributed by atoms with Gasteiger partial charge in [-0.05, 0) is 23.6 Å². The van der Waals surface area contributed by atoms with E-state index in [0.29, 0.717) is 6.42 Å². The second kappa shape index (κ2) is 7.17. The van der Waals surface area contributed by atoms with Crippen LogP contribution >= 0.6 is 0 Å². The molecule has 0 aromatic carbocycles. The van der Waals surface area contributed by atoms with Crippen LogP contribution in [0.3, 0.4) is 0 Å². The minimum atomic E-state index is 0.187. The largest absolute Gasteiger partial charge is 0.339 e. The molecule has 0 saturated carbocycles. The van der Waals surface area contributed by atoms with Crippen molar-refractivity contribution < 1.29 is 4.79 Å². The van der Waals surface area contributed by atoms with E-state index in [1.807, 2.05) is 29.3 Å². The van der Waals surface area contributed by atoms with Gasteiger partial charge in [-0.25, -0.2) is 9.97 Å². The summed E-state index contributed by atoms with van der Waals surface area (Å²) in [6, 6.07) is 5.74. The fraction of sp³-hybridized carbons (Fsp3) is 0.412. The number of amides is 1. The Balaban J connectivity index is 1.52. The third kappa shape index (κ3) is 3.83. The van der Waals surface area contributed by atoms with Gasteiger partial charge in [-0.1, -0.05) is 13.0 Å². The van der Waals surface area contributed by atoms with E-state index in [4.69, 9.17) is 0 Å². The highest BCUT2D eigenvalue weighted by molar-refractivity contribution is 5.77. The highest BCUT2D eigenvalue weighted by Gasteiger charge is 2.23. The highest BCUT2D eigenvalue weighted by Crippen LogP contribution is 2.19. The van der Waals surface area contributed by atoms with Crippen LogP contribution in [0.25, 0.3) is 0 Å². The zero-order valence-electron chi connectivity index (χ0n) is 13.3. The van der Waals surface area contributed by atoms with Gasteiger partial charge in [0, 0.05) is 57.4 Å². The molecule has 3 heterocycles. The molecule has 1 amide bonds. The lowest BCUT2D eigenvalue weighted by molar-refractivity contribution is -0.131. The van der Waals surface area contributed by atoms with Crippen LogP contribution in [0.15, 0.2) is 43.0 Å². The van der Waals surface area contributed by atoms with E-state index in [2.05, 4.69) is 26.8 Å². The lowest BCUT2D eigenvalue weighted by Crippen LogP contribution is -2.49. The number of piperazine rings is 1. The van der Waals surface area contributed by atoms with Crippen molar-refractivity contribution in [3.63, 3.8) is 0 Å². The summed E-state index contributed by atoms with van der Waals surface area (Å²) in [6.45, 7) is 5.06. The Bertz CT molecular complexity index is 626. The third-order valence-corrected chi connectivity index (χ3v) is 4.20. The summed E-state index contributed by atoms with van der Waals surface area (Å²) in [5.74, 6) is 1.13. The molecule has 120 valence electrons. The number of carbonyl (C=O) groups excluding carboxylic acids is 1. The van der Waals surface area contributed by atoms with E-state index >= 15 is 0 Å². The zero-order valence-corrected chi connectivity index (χ0v) is 13.3. The normalized spacial score (nSPS) is 16.2. The Morgan fingerprint density at radius 2 is 1.87 bits per heavy atom. The Morgan fingerprint density at radius 3 is 2.52 bits per heavy atom. The van der Waals surface area contributed by atoms with E-state index in [1.165, 1.54) is 0 Å². The number of pyridine rings is 1. The molecule has 1 aliphatic heterocycles. The van der Waals surface area contributed by atoms with Gasteiger partial charge >= 0.3 is 0 Å². The van der Waals surface area contributed by atoms with Crippen molar-refractivity contribution in [3.8, 4) is 0 Å². The molecule has 2 aromatic rings. The number of aromatic nitrogens is 3. The van der Waals surface area contributed by atoms with Gasteiger partial charge in [0.15, 0.2) is 0 Å². The Kier molecular flexibility index (Phi) is 4.80. The van der Waals surface area contributed by atoms with Gasteiger partial charge in [0.05, 0.1) is 0 Å². The summed E-state index contributed by atoms with van der Waals surface area (Å²) in [5, 5.41) is 0. The molecule has 23 heavy (non-hydrogen) atoms. The Hall–Kier alpha value is -2.50. The molecule has 1 saturated heterocycles. The van der Waals surface area contributed by atoms with Gasteiger partial charge in [-0.3, -0.25) is 9.78 Å². The van der Waals surface area contributed by atoms with Gasteiger partial charge in [-0.15, -0.1) is 0 Å². The van der Waals surface area contributed by atoms with Crippen molar-refractivity contribution in [3.05, 3.63) is 48.5 Å². The number of hydrogen-bond acceptors (Lipinski definition) is 5. The van der Waals surface area contributed by atoms with Crippen molar-refractivity contribution in [1.82, 2.24) is 19.9 Å². The van der Waals surface area contributed by atoms with Gasteiger partial charge in [0.1, 0.15) is 0 Å². The van der Waals surface area contributed by atoms with Gasteiger partial charge in [0.25, 0.3) is 0 Å². The van der Waals surface area contributed by atoms with E-state index in [0.717, 1.165) is 37.7 Å². The average molecular weight is 311 g/mol. The second-order valence-electron chi connectivity index (χ2n) is 5.81. The second-order valence-corrected chi connectivity index (χ2v) is 5.81. The summed E-state index contributed by atoms with van der Waals surface area (Å²) >= 11 is 0. The Labute approximate surface area is 136 Å². The van der Waals surface area contributed by atoms with Crippen LogP contribution < -0.4 is 4.90 Å². The SMILES string of the molecule is CC(CC(=O)N1CCN(c2ncccn2)CC1)c1cccnc1. The molecule has 2 aromatic heterocycles. The topological polar surface area (TPSA) is 62.2 Å². The molecular weight excluding hydrogens is 290 g/mol. The van der Waals surface area contributed by atoms with E-state index in [9.17, 15) is 4.79 Å². The molecule has 6 heteroatoms. The highest BCUT2D eigenvalue weighted by atomic mass is 16.2. The number of rotatable bonds is 4. The molecule has 0 radical (unpaired) electrons. The lowest BCUT2D eigenvalue weighted by Gasteiger charge is -2.35. The van der Waals surface area contributed by atoms with Gasteiger partial charge < -0.3 is 9.80 Å². The van der Waals surface area contributed by atoms with Crippen molar-refractivity contribution in [2.45, 2.75) is 19.3 Å². The van der Waals surface area contributed by atoms with Gasteiger partial charge in [-0.2, -0.15) is 0 Å².